The first-order valence-electron chi connectivity index (χ1n) is 6.37. The Bertz CT molecular complexity index is 518. The number of aliphatic hydroxyl groups excluding tert-OH is 1. The molecule has 7 heteroatoms. The lowest BCUT2D eigenvalue weighted by molar-refractivity contribution is -0.144. The van der Waals surface area contributed by atoms with Gasteiger partial charge in [-0.25, -0.2) is 4.79 Å². The van der Waals surface area contributed by atoms with Crippen molar-refractivity contribution in [2.75, 3.05) is 7.11 Å². The summed E-state index contributed by atoms with van der Waals surface area (Å²) in [7, 11) is 1.56. The fraction of sp³-hybridized carbons (Fsp3) is 0.429. The highest BCUT2D eigenvalue weighted by atomic mass is 79.9. The molecular formula is C14H18BrNO5. The van der Waals surface area contributed by atoms with E-state index in [9.17, 15) is 14.7 Å². The highest BCUT2D eigenvalue weighted by molar-refractivity contribution is 9.10. The molecule has 0 unspecified atom stereocenters. The molecule has 0 saturated carbocycles. The van der Waals surface area contributed by atoms with Crippen LogP contribution in [0.3, 0.4) is 0 Å². The summed E-state index contributed by atoms with van der Waals surface area (Å²) in [5.41, 5.74) is 0.918. The molecule has 6 nitrogen and oxygen atoms in total. The average Bonchev–Trinajstić information content (AvgIpc) is 2.42. The van der Waals surface area contributed by atoms with Crippen LogP contribution < -0.4 is 10.1 Å². The number of aliphatic carboxylic acids is 1. The van der Waals surface area contributed by atoms with E-state index in [1.54, 1.807) is 13.2 Å². The lowest BCUT2D eigenvalue weighted by Crippen LogP contribution is -2.47. The molecule has 0 aliphatic carbocycles. The van der Waals surface area contributed by atoms with Crippen molar-refractivity contribution in [1.29, 1.82) is 0 Å². The molecule has 1 aromatic rings. The molecule has 0 aromatic heterocycles. The van der Waals surface area contributed by atoms with E-state index in [0.29, 0.717) is 12.2 Å². The number of ether oxygens (including phenoxy) is 1. The highest BCUT2D eigenvalue weighted by Gasteiger charge is 2.24. The van der Waals surface area contributed by atoms with Crippen LogP contribution in [0.4, 0.5) is 0 Å². The van der Waals surface area contributed by atoms with Crippen LogP contribution in [-0.4, -0.2) is 41.3 Å². The van der Waals surface area contributed by atoms with Crippen LogP contribution in [0.5, 0.6) is 5.75 Å². The van der Waals surface area contributed by atoms with Crippen molar-refractivity contribution in [1.82, 2.24) is 5.32 Å². The Labute approximate surface area is 131 Å². The van der Waals surface area contributed by atoms with E-state index >= 15 is 0 Å². The number of hydrogen-bond donors (Lipinski definition) is 3. The van der Waals surface area contributed by atoms with Gasteiger partial charge in [-0.3, -0.25) is 4.79 Å². The number of carboxylic acid groups (broad SMARTS) is 1. The van der Waals surface area contributed by atoms with Gasteiger partial charge < -0.3 is 20.3 Å². The number of nitrogens with one attached hydrogen (secondary N) is 1. The number of aryl methyl sites for hydroxylation is 1. The molecule has 116 valence electrons. The second-order valence-electron chi connectivity index (χ2n) is 4.59. The van der Waals surface area contributed by atoms with Crippen molar-refractivity contribution in [3.63, 3.8) is 0 Å². The molecule has 0 aliphatic heterocycles. The SMILES string of the molecule is COc1ccc(CCC(=O)N[C@H](C(=O)O)[C@@H](C)O)cc1Br. The van der Waals surface area contributed by atoms with Gasteiger partial charge in [0.05, 0.1) is 17.7 Å². The normalized spacial score (nSPS) is 13.3. The molecule has 0 radical (unpaired) electrons. The summed E-state index contributed by atoms with van der Waals surface area (Å²) in [6.07, 6.45) is -0.558. The maximum absolute atomic E-state index is 11.7. The monoisotopic (exact) mass is 359 g/mol. The van der Waals surface area contributed by atoms with Crippen LogP contribution in [-0.2, 0) is 16.0 Å². The maximum Gasteiger partial charge on any atom is 0.328 e. The van der Waals surface area contributed by atoms with Crippen molar-refractivity contribution in [2.45, 2.75) is 31.9 Å². The Kier molecular flexibility index (Phi) is 6.64. The molecule has 0 aliphatic rings. The fourth-order valence-electron chi connectivity index (χ4n) is 1.76. The van der Waals surface area contributed by atoms with Gasteiger partial charge >= 0.3 is 5.97 Å². The highest BCUT2D eigenvalue weighted by Crippen LogP contribution is 2.25. The molecule has 0 saturated heterocycles. The number of benzene rings is 1. The van der Waals surface area contributed by atoms with Crippen molar-refractivity contribution >= 4 is 27.8 Å². The zero-order valence-corrected chi connectivity index (χ0v) is 13.4. The minimum absolute atomic E-state index is 0.134. The van der Waals surface area contributed by atoms with Gasteiger partial charge in [-0.05, 0) is 47.0 Å². The number of rotatable bonds is 7. The molecule has 0 bridgehead atoms. The van der Waals surface area contributed by atoms with Gasteiger partial charge in [-0.15, -0.1) is 0 Å². The second-order valence-corrected chi connectivity index (χ2v) is 5.45. The standard InChI is InChI=1S/C14H18BrNO5/c1-8(17)13(14(19)20)16-12(18)6-4-9-3-5-11(21-2)10(15)7-9/h3,5,7-8,13,17H,4,6H2,1-2H3,(H,16,18)(H,19,20)/t8-,13+/m1/s1. The van der Waals surface area contributed by atoms with Crippen LogP contribution in [0.1, 0.15) is 18.9 Å². The van der Waals surface area contributed by atoms with E-state index in [1.165, 1.54) is 6.92 Å². The Morgan fingerprint density at radius 3 is 2.57 bits per heavy atom. The first kappa shape index (κ1) is 17.5. The van der Waals surface area contributed by atoms with Gasteiger partial charge in [0.1, 0.15) is 5.75 Å². The van der Waals surface area contributed by atoms with Crippen LogP contribution in [0.15, 0.2) is 22.7 Å². The third-order valence-electron chi connectivity index (χ3n) is 2.92. The molecule has 0 heterocycles. The number of aliphatic hydroxyl groups is 1. The summed E-state index contributed by atoms with van der Waals surface area (Å²) in [5.74, 6) is -0.982. The Balaban J connectivity index is 2.56. The predicted octanol–water partition coefficient (Wildman–Crippen LogP) is 1.34. The Hall–Kier alpha value is -1.60. The Morgan fingerprint density at radius 2 is 2.10 bits per heavy atom. The number of carboxylic acids is 1. The van der Waals surface area contributed by atoms with Crippen molar-refractivity contribution in [3.05, 3.63) is 28.2 Å². The van der Waals surface area contributed by atoms with Crippen LogP contribution in [0.25, 0.3) is 0 Å². The number of carbonyl (C=O) groups excluding carboxylic acids is 1. The topological polar surface area (TPSA) is 95.9 Å². The second kappa shape index (κ2) is 7.99. The molecule has 3 N–H and O–H groups in total. The third-order valence-corrected chi connectivity index (χ3v) is 3.54. The molecule has 2 atom stereocenters. The number of methoxy groups -OCH3 is 1. The van der Waals surface area contributed by atoms with Crippen LogP contribution >= 0.6 is 15.9 Å². The minimum Gasteiger partial charge on any atom is -0.496 e. The molecule has 21 heavy (non-hydrogen) atoms. The number of amides is 1. The number of carbonyl (C=O) groups is 2. The molecular weight excluding hydrogens is 342 g/mol. The summed E-state index contributed by atoms with van der Waals surface area (Å²) in [6.45, 7) is 1.32. The summed E-state index contributed by atoms with van der Waals surface area (Å²) < 4.78 is 5.90. The van der Waals surface area contributed by atoms with E-state index < -0.39 is 24.0 Å². The molecule has 1 aromatic carbocycles. The van der Waals surface area contributed by atoms with Crippen molar-refractivity contribution in [2.24, 2.45) is 0 Å². The van der Waals surface area contributed by atoms with E-state index in [2.05, 4.69) is 21.2 Å². The van der Waals surface area contributed by atoms with Gasteiger partial charge in [0.2, 0.25) is 5.91 Å². The summed E-state index contributed by atoms with van der Waals surface area (Å²) >= 11 is 3.36. The van der Waals surface area contributed by atoms with E-state index in [1.807, 2.05) is 12.1 Å². The third kappa shape index (κ3) is 5.35. The number of halogens is 1. The summed E-state index contributed by atoms with van der Waals surface area (Å²) in [5, 5.41) is 20.5. The van der Waals surface area contributed by atoms with Gasteiger partial charge in [-0.2, -0.15) is 0 Å². The average molecular weight is 360 g/mol. The van der Waals surface area contributed by atoms with E-state index in [0.717, 1.165) is 10.0 Å². The first-order chi connectivity index (χ1) is 9.85. The summed E-state index contributed by atoms with van der Waals surface area (Å²) in [6, 6.07) is 4.17. The van der Waals surface area contributed by atoms with E-state index in [4.69, 9.17) is 9.84 Å². The molecule has 1 amide bonds. The van der Waals surface area contributed by atoms with Crippen LogP contribution in [0.2, 0.25) is 0 Å². The van der Waals surface area contributed by atoms with Gasteiger partial charge in [-0.1, -0.05) is 6.07 Å². The van der Waals surface area contributed by atoms with E-state index in [-0.39, 0.29) is 6.42 Å². The van der Waals surface area contributed by atoms with Crippen molar-refractivity contribution in [3.8, 4) is 5.75 Å². The lowest BCUT2D eigenvalue weighted by Gasteiger charge is -2.17. The first-order valence-corrected chi connectivity index (χ1v) is 7.17. The zero-order chi connectivity index (χ0) is 16.0. The quantitative estimate of drug-likeness (QED) is 0.682. The molecule has 0 spiro atoms. The molecule has 0 fully saturated rings. The largest absolute Gasteiger partial charge is 0.496 e. The fourth-order valence-corrected chi connectivity index (χ4v) is 2.35. The Morgan fingerprint density at radius 1 is 1.43 bits per heavy atom. The lowest BCUT2D eigenvalue weighted by atomic mass is 10.1. The smallest absolute Gasteiger partial charge is 0.328 e. The maximum atomic E-state index is 11.7. The summed E-state index contributed by atoms with van der Waals surface area (Å²) in [4.78, 5) is 22.6. The predicted molar refractivity (Wildman–Crippen MR) is 80.3 cm³/mol. The number of hydrogen-bond acceptors (Lipinski definition) is 4. The van der Waals surface area contributed by atoms with Gasteiger partial charge in [0.25, 0.3) is 0 Å². The minimum atomic E-state index is -1.29. The van der Waals surface area contributed by atoms with Crippen molar-refractivity contribution < 1.29 is 24.5 Å². The van der Waals surface area contributed by atoms with Gasteiger partial charge in [0.15, 0.2) is 6.04 Å². The zero-order valence-electron chi connectivity index (χ0n) is 11.8. The van der Waals surface area contributed by atoms with Crippen LogP contribution in [0, 0.1) is 0 Å². The molecule has 1 rings (SSSR count). The van der Waals surface area contributed by atoms with Gasteiger partial charge in [0, 0.05) is 6.42 Å².